The van der Waals surface area contributed by atoms with Crippen LogP contribution >= 0.6 is 0 Å². The Morgan fingerprint density at radius 1 is 0.964 bits per heavy atom. The van der Waals surface area contributed by atoms with E-state index >= 15 is 0 Å². The van der Waals surface area contributed by atoms with Crippen molar-refractivity contribution >= 4 is 10.8 Å². The van der Waals surface area contributed by atoms with Crippen molar-refractivity contribution in [3.05, 3.63) is 54.6 Å². The van der Waals surface area contributed by atoms with Gasteiger partial charge in [0.25, 0.3) is 0 Å². The van der Waals surface area contributed by atoms with Crippen LogP contribution in [0.3, 0.4) is 0 Å². The fourth-order valence-corrected chi connectivity index (χ4v) is 5.79. The van der Waals surface area contributed by atoms with Crippen LogP contribution in [-0.2, 0) is 0 Å². The van der Waals surface area contributed by atoms with E-state index < -0.39 is 0 Å². The molecule has 2 aromatic rings. The molecular weight excluding hydrogens is 340 g/mol. The average molecular weight is 377 g/mol. The molecule has 2 aliphatic carbocycles. The van der Waals surface area contributed by atoms with Crippen LogP contribution in [0.2, 0.25) is 0 Å². The van der Waals surface area contributed by atoms with Gasteiger partial charge in [-0.15, -0.1) is 0 Å². The molecule has 0 N–H and O–H groups in total. The van der Waals surface area contributed by atoms with E-state index in [1.165, 1.54) is 68.6 Å². The molecular formula is C27H36O. The Kier molecular flexibility index (Phi) is 6.40. The molecule has 2 aliphatic rings. The molecule has 4 unspecified atom stereocenters. The lowest BCUT2D eigenvalue weighted by atomic mass is 9.63. The largest absolute Gasteiger partial charge is 0.490 e. The van der Waals surface area contributed by atoms with Gasteiger partial charge in [0, 0.05) is 0 Å². The smallest absolute Gasteiger partial charge is 0.120 e. The summed E-state index contributed by atoms with van der Waals surface area (Å²) in [5.41, 5.74) is 1.55. The number of fused-ring (bicyclic) bond motifs is 2. The second-order valence-electron chi connectivity index (χ2n) is 9.22. The van der Waals surface area contributed by atoms with Crippen LogP contribution < -0.4 is 4.74 Å². The first-order chi connectivity index (χ1) is 13.8. The zero-order valence-electron chi connectivity index (χ0n) is 17.5. The SMILES string of the molecule is C=CCOc1ccc2cc(C3CCC4CC(CCCC)CCC4C3)ccc2c1. The molecule has 28 heavy (non-hydrogen) atoms. The zero-order valence-corrected chi connectivity index (χ0v) is 17.5. The Morgan fingerprint density at radius 3 is 2.61 bits per heavy atom. The Labute approximate surface area is 171 Å². The molecule has 1 heteroatoms. The third-order valence-corrected chi connectivity index (χ3v) is 7.36. The van der Waals surface area contributed by atoms with Gasteiger partial charge in [0.05, 0.1) is 0 Å². The van der Waals surface area contributed by atoms with E-state index in [1.807, 2.05) is 0 Å². The second-order valence-corrected chi connectivity index (χ2v) is 9.22. The minimum Gasteiger partial charge on any atom is -0.490 e. The van der Waals surface area contributed by atoms with Crippen molar-refractivity contribution in [3.8, 4) is 5.75 Å². The number of unbranched alkanes of at least 4 members (excludes halogenated alkanes) is 1. The summed E-state index contributed by atoms with van der Waals surface area (Å²) in [6.45, 7) is 6.61. The van der Waals surface area contributed by atoms with E-state index in [0.717, 1.165) is 29.4 Å². The molecule has 4 rings (SSSR count). The van der Waals surface area contributed by atoms with Gasteiger partial charge in [0.15, 0.2) is 0 Å². The van der Waals surface area contributed by atoms with Crippen molar-refractivity contribution in [1.82, 2.24) is 0 Å². The van der Waals surface area contributed by atoms with Gasteiger partial charge in [0.1, 0.15) is 12.4 Å². The highest BCUT2D eigenvalue weighted by Crippen LogP contribution is 2.48. The first-order valence-electron chi connectivity index (χ1n) is 11.5. The molecule has 0 spiro atoms. The minimum atomic E-state index is 0.563. The van der Waals surface area contributed by atoms with E-state index in [9.17, 15) is 0 Å². The van der Waals surface area contributed by atoms with Crippen LogP contribution in [0, 0.1) is 17.8 Å². The second kappa shape index (κ2) is 9.16. The summed E-state index contributed by atoms with van der Waals surface area (Å²) in [5.74, 6) is 4.70. The van der Waals surface area contributed by atoms with Gasteiger partial charge in [-0.3, -0.25) is 0 Å². The molecule has 0 aromatic heterocycles. The lowest BCUT2D eigenvalue weighted by Crippen LogP contribution is -2.30. The maximum atomic E-state index is 5.68. The summed E-state index contributed by atoms with van der Waals surface area (Å²) in [6.07, 6.45) is 14.8. The van der Waals surface area contributed by atoms with Gasteiger partial charge in [-0.2, -0.15) is 0 Å². The number of rotatable bonds is 7. The first-order valence-corrected chi connectivity index (χ1v) is 11.5. The van der Waals surface area contributed by atoms with Gasteiger partial charge < -0.3 is 4.74 Å². The highest BCUT2D eigenvalue weighted by molar-refractivity contribution is 5.84. The van der Waals surface area contributed by atoms with Crippen LogP contribution in [0.4, 0.5) is 0 Å². The molecule has 0 saturated heterocycles. The number of hydrogen-bond acceptors (Lipinski definition) is 1. The van der Waals surface area contributed by atoms with E-state index in [2.05, 4.69) is 49.9 Å². The van der Waals surface area contributed by atoms with Gasteiger partial charge in [-0.25, -0.2) is 0 Å². The molecule has 0 aliphatic heterocycles. The summed E-state index contributed by atoms with van der Waals surface area (Å²) in [5, 5.41) is 2.62. The Balaban J connectivity index is 1.41. The topological polar surface area (TPSA) is 9.23 Å². The summed E-state index contributed by atoms with van der Waals surface area (Å²) < 4.78 is 5.68. The standard InChI is InChI=1S/C27H36O/c1-3-5-6-20-7-8-22-17-23(10-9-21(22)16-20)24-11-12-26-19-27(28-15-4-2)14-13-25(26)18-24/h4,11-14,18-23H,2-3,5-10,15-17H2,1H3. The van der Waals surface area contributed by atoms with E-state index in [4.69, 9.17) is 4.74 Å². The van der Waals surface area contributed by atoms with E-state index in [1.54, 1.807) is 11.6 Å². The van der Waals surface area contributed by atoms with E-state index in [0.29, 0.717) is 6.61 Å². The molecule has 0 heterocycles. The predicted octanol–water partition coefficient (Wildman–Crippen LogP) is 7.89. The first kappa shape index (κ1) is 19.6. The van der Waals surface area contributed by atoms with Gasteiger partial charge in [0.2, 0.25) is 0 Å². The number of ether oxygens (including phenoxy) is 1. The van der Waals surface area contributed by atoms with Crippen molar-refractivity contribution in [3.63, 3.8) is 0 Å². The van der Waals surface area contributed by atoms with Crippen molar-refractivity contribution in [2.75, 3.05) is 6.61 Å². The Hall–Kier alpha value is -1.76. The Morgan fingerprint density at radius 2 is 1.75 bits per heavy atom. The van der Waals surface area contributed by atoms with Crippen LogP contribution in [0.25, 0.3) is 10.8 Å². The predicted molar refractivity (Wildman–Crippen MR) is 120 cm³/mol. The van der Waals surface area contributed by atoms with Crippen molar-refractivity contribution < 1.29 is 4.74 Å². The van der Waals surface area contributed by atoms with Crippen molar-refractivity contribution in [2.24, 2.45) is 17.8 Å². The van der Waals surface area contributed by atoms with E-state index in [-0.39, 0.29) is 0 Å². The maximum Gasteiger partial charge on any atom is 0.120 e. The quantitative estimate of drug-likeness (QED) is 0.446. The van der Waals surface area contributed by atoms with Gasteiger partial charge in [-0.05, 0) is 84.2 Å². The van der Waals surface area contributed by atoms with Gasteiger partial charge in [-0.1, -0.05) is 69.5 Å². The highest BCUT2D eigenvalue weighted by atomic mass is 16.5. The molecule has 150 valence electrons. The van der Waals surface area contributed by atoms with Crippen LogP contribution in [0.1, 0.15) is 76.2 Å². The lowest BCUT2D eigenvalue weighted by molar-refractivity contribution is 0.113. The maximum absolute atomic E-state index is 5.68. The van der Waals surface area contributed by atoms with Crippen LogP contribution in [0.5, 0.6) is 5.75 Å². The molecule has 2 fully saturated rings. The van der Waals surface area contributed by atoms with Crippen molar-refractivity contribution in [2.45, 2.75) is 70.6 Å². The van der Waals surface area contributed by atoms with Gasteiger partial charge >= 0.3 is 0 Å². The highest BCUT2D eigenvalue weighted by Gasteiger charge is 2.35. The molecule has 2 saturated carbocycles. The molecule has 2 aromatic carbocycles. The molecule has 0 amide bonds. The summed E-state index contributed by atoms with van der Waals surface area (Å²) in [6, 6.07) is 13.5. The number of benzene rings is 2. The lowest BCUT2D eigenvalue weighted by Gasteiger charge is -2.42. The number of hydrogen-bond donors (Lipinski definition) is 0. The molecule has 4 atom stereocenters. The minimum absolute atomic E-state index is 0.563. The van der Waals surface area contributed by atoms with Crippen LogP contribution in [-0.4, -0.2) is 6.61 Å². The zero-order chi connectivity index (χ0) is 19.3. The summed E-state index contributed by atoms with van der Waals surface area (Å²) >= 11 is 0. The van der Waals surface area contributed by atoms with Crippen LogP contribution in [0.15, 0.2) is 49.1 Å². The molecule has 1 nitrogen and oxygen atoms in total. The fraction of sp³-hybridized carbons (Fsp3) is 0.556. The summed E-state index contributed by atoms with van der Waals surface area (Å²) in [7, 11) is 0. The summed E-state index contributed by atoms with van der Waals surface area (Å²) in [4.78, 5) is 0. The molecule has 0 bridgehead atoms. The third-order valence-electron chi connectivity index (χ3n) is 7.36. The fourth-order valence-electron chi connectivity index (χ4n) is 5.79. The van der Waals surface area contributed by atoms with Crippen molar-refractivity contribution in [1.29, 1.82) is 0 Å². The average Bonchev–Trinajstić information content (AvgIpc) is 2.75. The third kappa shape index (κ3) is 4.45. The normalized spacial score (nSPS) is 27.3. The molecule has 0 radical (unpaired) electrons. The monoisotopic (exact) mass is 376 g/mol. The Bertz CT molecular complexity index is 792.